The Hall–Kier alpha value is -14.8. The number of benzene rings is 18. The van der Waals surface area contributed by atoms with Crippen LogP contribution in [-0.4, -0.2) is 11.3 Å². The lowest BCUT2D eigenvalue weighted by atomic mass is 9.33. The van der Waals surface area contributed by atoms with Gasteiger partial charge in [0.2, 0.25) is 0 Å². The monoisotopic (exact) mass is 1500 g/mol. The number of aromatic nitrogens is 1. The molecule has 0 bridgehead atoms. The summed E-state index contributed by atoms with van der Waals surface area (Å²) in [7, 11) is 0. The van der Waals surface area contributed by atoms with Gasteiger partial charge < -0.3 is 18.8 Å². The van der Waals surface area contributed by atoms with Crippen molar-refractivity contribution in [3.63, 3.8) is 0 Å². The van der Waals surface area contributed by atoms with Gasteiger partial charge in [0.25, 0.3) is 6.71 Å². The summed E-state index contributed by atoms with van der Waals surface area (Å²) in [5.41, 5.74) is 41.6. The Morgan fingerprint density at radius 3 is 1.25 bits per heavy atom. The smallest absolute Gasteiger partial charge is 0.252 e. The van der Waals surface area contributed by atoms with Gasteiger partial charge in [-0.2, -0.15) is 0 Å². The molecular formula is C113H76BN3O. The molecule has 4 aliphatic rings. The van der Waals surface area contributed by atoms with Crippen LogP contribution in [0, 0.1) is 0 Å². The molecule has 552 valence electrons. The minimum absolute atomic E-state index is 0.337. The molecule has 24 rings (SSSR count). The second kappa shape index (κ2) is 26.1. The van der Waals surface area contributed by atoms with Gasteiger partial charge >= 0.3 is 0 Å². The number of hydrogen-bond acceptors (Lipinski definition) is 3. The van der Waals surface area contributed by atoms with Crippen LogP contribution in [0.4, 0.5) is 34.1 Å². The topological polar surface area (TPSA) is 24.6 Å². The summed E-state index contributed by atoms with van der Waals surface area (Å²) in [4.78, 5) is 5.43. The molecule has 2 aliphatic heterocycles. The fourth-order valence-corrected chi connectivity index (χ4v) is 20.8. The second-order valence-electron chi connectivity index (χ2n) is 33.2. The summed E-state index contributed by atoms with van der Waals surface area (Å²) in [5, 5.41) is 4.67. The quantitative estimate of drug-likeness (QED) is 0.128. The first-order valence-electron chi connectivity index (χ1n) is 41.2. The van der Waals surface area contributed by atoms with Crippen molar-refractivity contribution in [1.82, 2.24) is 4.57 Å². The lowest BCUT2D eigenvalue weighted by Crippen LogP contribution is -2.61. The van der Waals surface area contributed by atoms with Gasteiger partial charge in [0.1, 0.15) is 11.2 Å². The Morgan fingerprint density at radius 2 is 0.720 bits per heavy atom. The van der Waals surface area contributed by atoms with Crippen molar-refractivity contribution in [2.45, 2.75) is 31.6 Å². The molecule has 0 fully saturated rings. The Bertz CT molecular complexity index is 7340. The number of nitrogens with zero attached hydrogens (tertiary/aromatic N) is 3. The molecular weight excluding hydrogens is 1430 g/mol. The third kappa shape index (κ3) is 9.98. The van der Waals surface area contributed by atoms with Crippen molar-refractivity contribution in [1.29, 1.82) is 0 Å². The van der Waals surface area contributed by atoms with E-state index in [-0.39, 0.29) is 12.1 Å². The van der Waals surface area contributed by atoms with Crippen molar-refractivity contribution in [2.24, 2.45) is 0 Å². The molecule has 0 unspecified atom stereocenters. The molecule has 0 atom stereocenters. The molecule has 4 nitrogen and oxygen atoms in total. The third-order valence-corrected chi connectivity index (χ3v) is 25.9. The van der Waals surface area contributed by atoms with Crippen LogP contribution in [0.3, 0.4) is 0 Å². The summed E-state index contributed by atoms with van der Waals surface area (Å²) >= 11 is 0. The predicted octanol–water partition coefficient (Wildman–Crippen LogP) is 28.1. The number of rotatable bonds is 10. The zero-order valence-corrected chi connectivity index (χ0v) is 65.5. The zero-order chi connectivity index (χ0) is 78.1. The van der Waals surface area contributed by atoms with Gasteiger partial charge in [-0.1, -0.05) is 354 Å². The largest absolute Gasteiger partial charge is 0.455 e. The van der Waals surface area contributed by atoms with E-state index in [0.717, 1.165) is 151 Å². The molecule has 2 aliphatic carbocycles. The van der Waals surface area contributed by atoms with E-state index in [4.69, 9.17) is 4.42 Å². The Morgan fingerprint density at radius 1 is 0.280 bits per heavy atom. The molecule has 118 heavy (non-hydrogen) atoms. The Labute approximate surface area is 686 Å². The van der Waals surface area contributed by atoms with Crippen molar-refractivity contribution >= 4 is 101 Å². The molecule has 4 heterocycles. The van der Waals surface area contributed by atoms with Gasteiger partial charge in [0.15, 0.2) is 0 Å². The van der Waals surface area contributed by atoms with Gasteiger partial charge in [0, 0.05) is 77.8 Å². The van der Waals surface area contributed by atoms with Crippen molar-refractivity contribution in [2.75, 3.05) is 9.80 Å². The average molecular weight is 1500 g/mol. The summed E-state index contributed by atoms with van der Waals surface area (Å²) in [6, 6.07) is 153. The number of hydrogen-bond donors (Lipinski definition) is 0. The molecule has 2 aromatic heterocycles. The maximum atomic E-state index is 7.07. The minimum atomic E-state index is -0.593. The molecule has 20 aromatic rings. The van der Waals surface area contributed by atoms with Gasteiger partial charge in [-0.3, -0.25) is 0 Å². The highest BCUT2D eigenvalue weighted by Crippen LogP contribution is 2.65. The van der Waals surface area contributed by atoms with E-state index in [1.807, 2.05) is 0 Å². The number of furan rings is 1. The van der Waals surface area contributed by atoms with E-state index in [2.05, 4.69) is 442 Å². The van der Waals surface area contributed by atoms with Crippen LogP contribution >= 0.6 is 0 Å². The van der Waals surface area contributed by atoms with Crippen LogP contribution in [0.1, 0.15) is 48.6 Å². The number of anilines is 6. The summed E-state index contributed by atoms with van der Waals surface area (Å²) in [6.45, 7) is 6.85. The highest BCUT2D eigenvalue weighted by Gasteiger charge is 2.53. The molecule has 5 heteroatoms. The molecule has 0 amide bonds. The number of fused-ring (bicyclic) bond motifs is 21. The molecule has 18 aromatic carbocycles. The maximum Gasteiger partial charge on any atom is 0.252 e. The van der Waals surface area contributed by atoms with Crippen LogP contribution in [0.2, 0.25) is 0 Å². The molecule has 0 saturated carbocycles. The van der Waals surface area contributed by atoms with Crippen LogP contribution in [0.5, 0.6) is 0 Å². The van der Waals surface area contributed by atoms with E-state index >= 15 is 0 Å². The van der Waals surface area contributed by atoms with Crippen LogP contribution in [0.25, 0.3) is 150 Å². The standard InChI is InChI=1S/C113H76BN3O/c1-112(2,3)80-68-103-108-104(69-80)117(110-92(75-41-18-8-19-42-75)65-79(72-35-12-5-13-36-72)66-93(110)76-43-20-9-21-44-76)102-70-81(115-99-55-30-25-49-89(99)106-101(115)62-59-87-85-47-24-29-54-96(85)113(107(87)106)94-52-27-22-45-83(94)84-46-23-28-53-95(84)113)58-60-97(102)114(108)98-67-77(82-50-32-51-88-86-48-26-31-56-105(86)118-111(82)88)57-61-100(98)116(103)109-90(73-37-14-6-15-38-73)63-78(71-33-10-4-11-34-71)64-91(109)74-39-16-7-17-40-74/h4-70H,1-3H3. The van der Waals surface area contributed by atoms with Crippen LogP contribution in [0.15, 0.2) is 411 Å². The lowest BCUT2D eigenvalue weighted by molar-refractivity contribution is 0.590. The van der Waals surface area contributed by atoms with Gasteiger partial charge in [-0.05, 0) is 195 Å². The predicted molar refractivity (Wildman–Crippen MR) is 495 cm³/mol. The maximum absolute atomic E-state index is 7.07. The summed E-state index contributed by atoms with van der Waals surface area (Å²) in [6.07, 6.45) is 0. The Balaban J connectivity index is 0.858. The van der Waals surface area contributed by atoms with E-state index < -0.39 is 5.41 Å². The minimum Gasteiger partial charge on any atom is -0.455 e. The van der Waals surface area contributed by atoms with Crippen molar-refractivity contribution in [3.8, 4) is 106 Å². The molecule has 0 saturated heterocycles. The normalized spacial score (nSPS) is 13.2. The van der Waals surface area contributed by atoms with Crippen LogP contribution < -0.4 is 26.2 Å². The highest BCUT2D eigenvalue weighted by molar-refractivity contribution is 7.00. The van der Waals surface area contributed by atoms with Gasteiger partial charge in [-0.15, -0.1) is 0 Å². The van der Waals surface area contributed by atoms with Crippen molar-refractivity contribution < 1.29 is 4.42 Å². The van der Waals surface area contributed by atoms with E-state index in [0.29, 0.717) is 0 Å². The van der Waals surface area contributed by atoms with E-state index in [9.17, 15) is 0 Å². The van der Waals surface area contributed by atoms with Crippen molar-refractivity contribution in [3.05, 3.63) is 434 Å². The second-order valence-corrected chi connectivity index (χ2v) is 33.2. The molecule has 1 spiro atoms. The number of para-hydroxylation sites is 3. The summed E-state index contributed by atoms with van der Waals surface area (Å²) < 4.78 is 9.68. The molecule has 0 N–H and O–H groups in total. The molecule has 0 radical (unpaired) electrons. The first-order valence-corrected chi connectivity index (χ1v) is 41.2. The summed E-state index contributed by atoms with van der Waals surface area (Å²) in [5.74, 6) is 0. The highest BCUT2D eigenvalue weighted by atomic mass is 16.3. The average Bonchev–Trinajstić information content (AvgIpc) is 1.45. The van der Waals surface area contributed by atoms with Crippen LogP contribution in [-0.2, 0) is 10.8 Å². The van der Waals surface area contributed by atoms with Gasteiger partial charge in [-0.25, -0.2) is 0 Å². The lowest BCUT2D eigenvalue weighted by Gasteiger charge is -2.46. The fraction of sp³-hybridized carbons (Fsp3) is 0.0442. The zero-order valence-electron chi connectivity index (χ0n) is 65.5. The first kappa shape index (κ1) is 67.7. The fourth-order valence-electron chi connectivity index (χ4n) is 20.8. The third-order valence-electron chi connectivity index (χ3n) is 25.9. The Kier molecular flexibility index (Phi) is 15.0. The van der Waals surface area contributed by atoms with E-state index in [1.54, 1.807) is 0 Å². The van der Waals surface area contributed by atoms with E-state index in [1.165, 1.54) is 77.2 Å². The first-order chi connectivity index (χ1) is 58.2. The van der Waals surface area contributed by atoms with Gasteiger partial charge in [0.05, 0.1) is 27.8 Å². The SMILES string of the molecule is CC(C)(C)c1cc2c3c(c1)N(c1c(-c4ccccc4)cc(-c4ccccc4)cc1-c1ccccc1)c1cc(-n4c5ccccc5c5c6c(ccc54)-c4ccccc4C64c5ccccc5-c5ccccc54)ccc1B3c1cc(-c3cccc4c3oc3ccccc34)ccc1N2c1c(-c2ccccc2)cc(-c2ccccc2)cc1-c1ccccc1.